The number of rotatable bonds is 9. The van der Waals surface area contributed by atoms with Crippen LogP contribution in [0.3, 0.4) is 0 Å². The minimum atomic E-state index is -0.0490. The van der Waals surface area contributed by atoms with E-state index in [0.717, 1.165) is 23.4 Å². The highest BCUT2D eigenvalue weighted by molar-refractivity contribution is 5.94. The third kappa shape index (κ3) is 7.21. The van der Waals surface area contributed by atoms with E-state index < -0.39 is 0 Å². The molecule has 0 saturated heterocycles. The first-order valence-corrected chi connectivity index (χ1v) is 8.92. The van der Waals surface area contributed by atoms with E-state index in [2.05, 4.69) is 10.6 Å². The Morgan fingerprint density at radius 1 is 1.00 bits per heavy atom. The lowest BCUT2D eigenvalue weighted by molar-refractivity contribution is -0.120. The van der Waals surface area contributed by atoms with Crippen molar-refractivity contribution in [1.82, 2.24) is 15.5 Å². The molecule has 0 heterocycles. The molecular weight excluding hydrogens is 378 g/mol. The molecule has 0 aliphatic carbocycles. The average molecular weight is 406 g/mol. The second-order valence-corrected chi connectivity index (χ2v) is 6.33. The lowest BCUT2D eigenvalue weighted by Gasteiger charge is -2.17. The summed E-state index contributed by atoms with van der Waals surface area (Å²) < 4.78 is 5.11. The Morgan fingerprint density at radius 2 is 1.61 bits per heavy atom. The molecule has 2 aromatic carbocycles. The molecule has 7 heteroatoms. The van der Waals surface area contributed by atoms with Crippen molar-refractivity contribution in [3.8, 4) is 5.75 Å². The maximum absolute atomic E-state index is 12.3. The molecule has 2 aromatic rings. The fourth-order valence-corrected chi connectivity index (χ4v) is 2.56. The normalized spacial score (nSPS) is 9.96. The number of methoxy groups -OCH3 is 1. The highest BCUT2D eigenvalue weighted by atomic mass is 35.5. The van der Waals surface area contributed by atoms with Crippen LogP contribution in [-0.4, -0.2) is 51.0 Å². The van der Waals surface area contributed by atoms with Crippen LogP contribution in [0.15, 0.2) is 48.5 Å². The number of ether oxygens (including phenoxy) is 1. The van der Waals surface area contributed by atoms with Crippen molar-refractivity contribution in [2.75, 3.05) is 34.3 Å². The van der Waals surface area contributed by atoms with Gasteiger partial charge in [-0.2, -0.15) is 0 Å². The van der Waals surface area contributed by atoms with Gasteiger partial charge < -0.3 is 20.3 Å². The molecule has 0 aliphatic rings. The zero-order valence-corrected chi connectivity index (χ0v) is 17.3. The third-order valence-electron chi connectivity index (χ3n) is 4.26. The van der Waals surface area contributed by atoms with E-state index >= 15 is 0 Å². The molecular formula is C21H28ClN3O3. The van der Waals surface area contributed by atoms with Crippen LogP contribution in [0, 0.1) is 0 Å². The van der Waals surface area contributed by atoms with Gasteiger partial charge in [-0.25, -0.2) is 0 Å². The summed E-state index contributed by atoms with van der Waals surface area (Å²) in [5.41, 5.74) is 2.52. The lowest BCUT2D eigenvalue weighted by Crippen LogP contribution is -2.32. The van der Waals surface area contributed by atoms with Gasteiger partial charge in [0.2, 0.25) is 5.91 Å². The zero-order valence-electron chi connectivity index (χ0n) is 16.5. The molecule has 0 spiro atoms. The predicted molar refractivity (Wildman–Crippen MR) is 113 cm³/mol. The second kappa shape index (κ2) is 12.0. The summed E-state index contributed by atoms with van der Waals surface area (Å²) in [5.74, 6) is 0.706. The number of carbonyl (C=O) groups excluding carboxylic acids is 2. The smallest absolute Gasteiger partial charge is 0.253 e. The topological polar surface area (TPSA) is 70.7 Å². The molecule has 0 saturated carbocycles. The summed E-state index contributed by atoms with van der Waals surface area (Å²) in [6.07, 6.45) is 0.316. The van der Waals surface area contributed by atoms with Crippen LogP contribution in [0.1, 0.15) is 21.5 Å². The second-order valence-electron chi connectivity index (χ2n) is 6.33. The standard InChI is InChI=1S/C21H27N3O3.ClH/c1-22-12-13-24(2)21(26)18-8-4-17(5-9-18)15-23-20(25)14-16-6-10-19(27-3)11-7-16;/h4-11,22H,12-15H2,1-3H3,(H,23,25);1H. The molecule has 6 nitrogen and oxygen atoms in total. The van der Waals surface area contributed by atoms with Crippen LogP contribution >= 0.6 is 12.4 Å². The van der Waals surface area contributed by atoms with E-state index in [4.69, 9.17) is 4.74 Å². The van der Waals surface area contributed by atoms with E-state index in [-0.39, 0.29) is 24.2 Å². The van der Waals surface area contributed by atoms with E-state index in [9.17, 15) is 9.59 Å². The van der Waals surface area contributed by atoms with Crippen molar-refractivity contribution in [1.29, 1.82) is 0 Å². The number of benzene rings is 2. The van der Waals surface area contributed by atoms with E-state index in [1.807, 2.05) is 43.4 Å². The van der Waals surface area contributed by atoms with Gasteiger partial charge in [-0.05, 0) is 42.4 Å². The molecule has 2 N–H and O–H groups in total. The number of nitrogens with one attached hydrogen (secondary N) is 2. The first kappa shape index (κ1) is 23.5. The van der Waals surface area contributed by atoms with Crippen molar-refractivity contribution < 1.29 is 14.3 Å². The van der Waals surface area contributed by atoms with Crippen LogP contribution in [0.5, 0.6) is 5.75 Å². The van der Waals surface area contributed by atoms with Crippen molar-refractivity contribution >= 4 is 24.2 Å². The summed E-state index contributed by atoms with van der Waals surface area (Å²) in [5, 5.41) is 5.93. The van der Waals surface area contributed by atoms with Crippen LogP contribution in [0.2, 0.25) is 0 Å². The summed E-state index contributed by atoms with van der Waals surface area (Å²) in [6, 6.07) is 14.8. The molecule has 0 fully saturated rings. The van der Waals surface area contributed by atoms with Gasteiger partial charge in [0.1, 0.15) is 5.75 Å². The van der Waals surface area contributed by atoms with Crippen LogP contribution in [0.4, 0.5) is 0 Å². The highest BCUT2D eigenvalue weighted by Gasteiger charge is 2.11. The average Bonchev–Trinajstić information content (AvgIpc) is 2.71. The highest BCUT2D eigenvalue weighted by Crippen LogP contribution is 2.12. The SMILES string of the molecule is CNCCN(C)C(=O)c1ccc(CNC(=O)Cc2ccc(OC)cc2)cc1.Cl. The molecule has 0 unspecified atom stereocenters. The molecule has 0 radical (unpaired) electrons. The quantitative estimate of drug-likeness (QED) is 0.671. The fourth-order valence-electron chi connectivity index (χ4n) is 2.56. The Hall–Kier alpha value is -2.57. The Balaban J connectivity index is 0.00000392. The molecule has 0 bridgehead atoms. The Kier molecular flexibility index (Phi) is 10.1. The third-order valence-corrected chi connectivity index (χ3v) is 4.26. The van der Waals surface area contributed by atoms with E-state index in [0.29, 0.717) is 25.1 Å². The maximum atomic E-state index is 12.3. The minimum Gasteiger partial charge on any atom is -0.497 e. The van der Waals surface area contributed by atoms with Crippen LogP contribution < -0.4 is 15.4 Å². The maximum Gasteiger partial charge on any atom is 0.253 e. The molecule has 0 aliphatic heterocycles. The zero-order chi connectivity index (χ0) is 19.6. The largest absolute Gasteiger partial charge is 0.497 e. The van der Waals surface area contributed by atoms with Crippen molar-refractivity contribution in [3.05, 3.63) is 65.2 Å². The molecule has 2 amide bonds. The molecule has 2 rings (SSSR count). The lowest BCUT2D eigenvalue weighted by atomic mass is 10.1. The number of hydrogen-bond acceptors (Lipinski definition) is 4. The number of hydrogen-bond donors (Lipinski definition) is 2. The number of carbonyl (C=O) groups is 2. The summed E-state index contributed by atoms with van der Waals surface area (Å²) in [7, 11) is 5.25. The van der Waals surface area contributed by atoms with Gasteiger partial charge in [0, 0.05) is 32.2 Å². The van der Waals surface area contributed by atoms with Crippen LogP contribution in [-0.2, 0) is 17.8 Å². The van der Waals surface area contributed by atoms with E-state index in [1.54, 1.807) is 31.2 Å². The molecule has 28 heavy (non-hydrogen) atoms. The monoisotopic (exact) mass is 405 g/mol. The first-order valence-electron chi connectivity index (χ1n) is 8.92. The Labute approximate surface area is 172 Å². The van der Waals surface area contributed by atoms with Crippen molar-refractivity contribution in [2.45, 2.75) is 13.0 Å². The van der Waals surface area contributed by atoms with Gasteiger partial charge in [-0.15, -0.1) is 12.4 Å². The Bertz CT molecular complexity index is 748. The molecule has 0 atom stereocenters. The van der Waals surface area contributed by atoms with Gasteiger partial charge in [-0.1, -0.05) is 24.3 Å². The Morgan fingerprint density at radius 3 is 2.18 bits per heavy atom. The van der Waals surface area contributed by atoms with Gasteiger partial charge in [0.25, 0.3) is 5.91 Å². The minimum absolute atomic E-state index is 0. The van der Waals surface area contributed by atoms with Crippen LogP contribution in [0.25, 0.3) is 0 Å². The van der Waals surface area contributed by atoms with Gasteiger partial charge in [-0.3, -0.25) is 9.59 Å². The van der Waals surface area contributed by atoms with Gasteiger partial charge in [0.05, 0.1) is 13.5 Å². The summed E-state index contributed by atoms with van der Waals surface area (Å²) >= 11 is 0. The number of likely N-dealkylation sites (N-methyl/N-ethyl adjacent to an activating group) is 2. The van der Waals surface area contributed by atoms with Crippen molar-refractivity contribution in [2.24, 2.45) is 0 Å². The predicted octanol–water partition coefficient (Wildman–Crippen LogP) is 2.27. The number of halogens is 1. The fraction of sp³-hybridized carbons (Fsp3) is 0.333. The van der Waals surface area contributed by atoms with Crippen molar-refractivity contribution in [3.63, 3.8) is 0 Å². The number of amides is 2. The number of nitrogens with zero attached hydrogens (tertiary/aromatic N) is 1. The van der Waals surface area contributed by atoms with E-state index in [1.165, 1.54) is 0 Å². The summed E-state index contributed by atoms with van der Waals surface area (Å²) in [6.45, 7) is 1.83. The molecule has 152 valence electrons. The van der Waals surface area contributed by atoms with Gasteiger partial charge in [0.15, 0.2) is 0 Å². The first-order chi connectivity index (χ1) is 13.0. The molecule has 0 aromatic heterocycles. The summed E-state index contributed by atoms with van der Waals surface area (Å²) in [4.78, 5) is 26.1. The van der Waals surface area contributed by atoms with Gasteiger partial charge >= 0.3 is 0 Å².